The number of carboxylic acids is 2. The fourth-order valence-corrected chi connectivity index (χ4v) is 3.59. The molecule has 4 unspecified atom stereocenters. The number of rotatable bonds is 5. The molecule has 1 aromatic rings. The van der Waals surface area contributed by atoms with Crippen molar-refractivity contribution in [3.63, 3.8) is 0 Å². The molecule has 3 N–H and O–H groups in total. The number of carbonyl (C=O) groups is 2. The first kappa shape index (κ1) is 13.1. The lowest BCUT2D eigenvalue weighted by Gasteiger charge is -2.28. The van der Waals surface area contributed by atoms with Crippen LogP contribution in [0.1, 0.15) is 18.5 Å². The van der Waals surface area contributed by atoms with Crippen molar-refractivity contribution in [3.05, 3.63) is 30.1 Å². The summed E-state index contributed by atoms with van der Waals surface area (Å²) < 4.78 is 0. The van der Waals surface area contributed by atoms with Gasteiger partial charge in [0.25, 0.3) is 0 Å². The van der Waals surface area contributed by atoms with E-state index in [4.69, 9.17) is 5.11 Å². The van der Waals surface area contributed by atoms with Gasteiger partial charge in [0, 0.05) is 18.7 Å². The van der Waals surface area contributed by atoms with E-state index in [9.17, 15) is 14.7 Å². The first-order valence-electron chi connectivity index (χ1n) is 6.67. The minimum absolute atomic E-state index is 0.000155. The molecule has 0 aromatic carbocycles. The molecule has 0 amide bonds. The number of carboxylic acid groups (broad SMARTS) is 2. The first-order valence-corrected chi connectivity index (χ1v) is 6.67. The number of nitrogens with one attached hydrogen (secondary N) is 1. The summed E-state index contributed by atoms with van der Waals surface area (Å²) in [5.74, 6) is -2.66. The van der Waals surface area contributed by atoms with E-state index < -0.39 is 23.4 Å². The Morgan fingerprint density at radius 3 is 2.75 bits per heavy atom. The molecule has 0 spiro atoms. The van der Waals surface area contributed by atoms with Crippen molar-refractivity contribution in [1.29, 1.82) is 0 Å². The minimum atomic E-state index is -1.12. The van der Waals surface area contributed by atoms with Crippen molar-refractivity contribution in [3.8, 4) is 0 Å². The van der Waals surface area contributed by atoms with Crippen molar-refractivity contribution in [2.75, 3.05) is 0 Å². The monoisotopic (exact) mass is 276 g/mol. The highest BCUT2D eigenvalue weighted by Gasteiger charge is 2.71. The van der Waals surface area contributed by atoms with Crippen LogP contribution in [0, 0.1) is 17.8 Å². The Balaban J connectivity index is 1.77. The molecule has 0 saturated heterocycles. The maximum atomic E-state index is 11.7. The summed E-state index contributed by atoms with van der Waals surface area (Å²) >= 11 is 0. The summed E-state index contributed by atoms with van der Waals surface area (Å²) in [6.07, 6.45) is 2.79. The van der Waals surface area contributed by atoms with E-state index in [-0.39, 0.29) is 11.8 Å². The second kappa shape index (κ2) is 4.56. The normalized spacial score (nSPS) is 34.5. The Morgan fingerprint density at radius 2 is 2.20 bits per heavy atom. The van der Waals surface area contributed by atoms with Gasteiger partial charge in [-0.05, 0) is 30.9 Å². The van der Waals surface area contributed by atoms with Gasteiger partial charge in [0.15, 0.2) is 0 Å². The standard InChI is InChI=1S/C14H16N2O4/c17-12(18)10-9-4-5-14(11(9)10,13(19)20)16-7-8-3-1-2-6-15-8/h1-3,6,9-11,16H,4-5,7H2,(H,17,18)(H,19,20). The fourth-order valence-electron chi connectivity index (χ4n) is 3.59. The zero-order valence-electron chi connectivity index (χ0n) is 10.8. The first-order chi connectivity index (χ1) is 9.56. The molecule has 2 fully saturated rings. The van der Waals surface area contributed by atoms with Gasteiger partial charge in [-0.1, -0.05) is 6.07 Å². The van der Waals surface area contributed by atoms with Crippen molar-refractivity contribution >= 4 is 11.9 Å². The van der Waals surface area contributed by atoms with Crippen LogP contribution >= 0.6 is 0 Å². The number of hydrogen-bond donors (Lipinski definition) is 3. The van der Waals surface area contributed by atoms with Gasteiger partial charge in [0.05, 0.1) is 11.6 Å². The van der Waals surface area contributed by atoms with Crippen LogP contribution in [0.2, 0.25) is 0 Å². The zero-order valence-corrected chi connectivity index (χ0v) is 10.8. The molecule has 0 bridgehead atoms. The molecule has 1 heterocycles. The highest BCUT2D eigenvalue weighted by atomic mass is 16.4. The Morgan fingerprint density at radius 1 is 1.40 bits per heavy atom. The number of aliphatic carboxylic acids is 2. The van der Waals surface area contributed by atoms with Gasteiger partial charge < -0.3 is 10.2 Å². The highest BCUT2D eigenvalue weighted by molar-refractivity contribution is 5.85. The van der Waals surface area contributed by atoms with E-state index in [1.807, 2.05) is 12.1 Å². The molecule has 2 aliphatic carbocycles. The molecule has 1 aromatic heterocycles. The van der Waals surface area contributed by atoms with E-state index in [1.54, 1.807) is 12.3 Å². The highest BCUT2D eigenvalue weighted by Crippen LogP contribution is 2.62. The van der Waals surface area contributed by atoms with Crippen LogP contribution in [-0.4, -0.2) is 32.7 Å². The van der Waals surface area contributed by atoms with Crippen LogP contribution in [0.25, 0.3) is 0 Å². The maximum absolute atomic E-state index is 11.7. The Hall–Kier alpha value is -1.95. The molecule has 106 valence electrons. The maximum Gasteiger partial charge on any atom is 0.324 e. The van der Waals surface area contributed by atoms with E-state index in [2.05, 4.69) is 10.3 Å². The Labute approximate surface area is 115 Å². The molecule has 6 heteroatoms. The van der Waals surface area contributed by atoms with E-state index >= 15 is 0 Å². The fraction of sp³-hybridized carbons (Fsp3) is 0.500. The molecule has 20 heavy (non-hydrogen) atoms. The van der Waals surface area contributed by atoms with Crippen molar-refractivity contribution in [2.24, 2.45) is 17.8 Å². The van der Waals surface area contributed by atoms with Crippen LogP contribution in [0.15, 0.2) is 24.4 Å². The Kier molecular flexibility index (Phi) is 2.97. The number of aromatic nitrogens is 1. The molecular formula is C14H16N2O4. The largest absolute Gasteiger partial charge is 0.481 e. The molecule has 3 rings (SSSR count). The van der Waals surface area contributed by atoms with Crippen molar-refractivity contribution in [2.45, 2.75) is 24.9 Å². The second-order valence-electron chi connectivity index (χ2n) is 5.54. The quantitative estimate of drug-likeness (QED) is 0.733. The predicted molar refractivity (Wildman–Crippen MR) is 68.8 cm³/mol. The summed E-state index contributed by atoms with van der Waals surface area (Å²) in [4.78, 5) is 27.0. The van der Waals surface area contributed by atoms with E-state index in [0.717, 1.165) is 5.69 Å². The molecule has 0 aliphatic heterocycles. The van der Waals surface area contributed by atoms with Crippen LogP contribution in [0.3, 0.4) is 0 Å². The summed E-state index contributed by atoms with van der Waals surface area (Å²) in [5.41, 5.74) is -0.366. The van der Waals surface area contributed by atoms with Gasteiger partial charge in [0.1, 0.15) is 5.54 Å². The molecule has 2 saturated carbocycles. The van der Waals surface area contributed by atoms with Gasteiger partial charge in [-0.25, -0.2) is 0 Å². The third-order valence-corrected chi connectivity index (χ3v) is 4.59. The smallest absolute Gasteiger partial charge is 0.324 e. The zero-order chi connectivity index (χ0) is 14.3. The predicted octanol–water partition coefficient (Wildman–Crippen LogP) is 0.735. The van der Waals surface area contributed by atoms with Crippen LogP contribution < -0.4 is 5.32 Å². The van der Waals surface area contributed by atoms with Crippen LogP contribution in [-0.2, 0) is 16.1 Å². The van der Waals surface area contributed by atoms with Gasteiger partial charge >= 0.3 is 11.9 Å². The number of hydrogen-bond acceptors (Lipinski definition) is 4. The average molecular weight is 276 g/mol. The van der Waals surface area contributed by atoms with E-state index in [0.29, 0.717) is 19.4 Å². The Bertz CT molecular complexity index is 547. The van der Waals surface area contributed by atoms with Gasteiger partial charge in [-0.15, -0.1) is 0 Å². The van der Waals surface area contributed by atoms with E-state index in [1.165, 1.54) is 0 Å². The van der Waals surface area contributed by atoms with Crippen molar-refractivity contribution in [1.82, 2.24) is 10.3 Å². The number of fused-ring (bicyclic) bond motifs is 1. The molecule has 0 radical (unpaired) electrons. The third-order valence-electron chi connectivity index (χ3n) is 4.59. The summed E-state index contributed by atoms with van der Waals surface area (Å²) in [7, 11) is 0. The molecule has 4 atom stereocenters. The molecular weight excluding hydrogens is 260 g/mol. The van der Waals surface area contributed by atoms with Crippen molar-refractivity contribution < 1.29 is 19.8 Å². The summed E-state index contributed by atoms with van der Waals surface area (Å²) in [5, 5.41) is 21.7. The van der Waals surface area contributed by atoms with Gasteiger partial charge in [0.2, 0.25) is 0 Å². The molecule has 2 aliphatic rings. The second-order valence-corrected chi connectivity index (χ2v) is 5.54. The lowest BCUT2D eigenvalue weighted by Crippen LogP contribution is -2.53. The average Bonchev–Trinajstić information content (AvgIpc) is 3.05. The topological polar surface area (TPSA) is 99.5 Å². The molecule has 6 nitrogen and oxygen atoms in total. The third kappa shape index (κ3) is 1.87. The summed E-state index contributed by atoms with van der Waals surface area (Å²) in [6.45, 7) is 0.336. The number of pyridine rings is 1. The van der Waals surface area contributed by atoms with Crippen LogP contribution in [0.5, 0.6) is 0 Å². The van der Waals surface area contributed by atoms with Gasteiger partial charge in [-0.2, -0.15) is 0 Å². The SMILES string of the molecule is O=C(O)C1C2CCC(NCc3ccccn3)(C(=O)O)C21. The number of nitrogens with zero attached hydrogens (tertiary/aromatic N) is 1. The van der Waals surface area contributed by atoms with Crippen LogP contribution in [0.4, 0.5) is 0 Å². The minimum Gasteiger partial charge on any atom is -0.481 e. The van der Waals surface area contributed by atoms with Gasteiger partial charge in [-0.3, -0.25) is 19.9 Å². The lowest BCUT2D eigenvalue weighted by atomic mass is 9.90. The lowest BCUT2D eigenvalue weighted by molar-refractivity contribution is -0.147. The summed E-state index contributed by atoms with van der Waals surface area (Å²) in [6, 6.07) is 5.45.